The maximum absolute atomic E-state index is 11.2. The highest BCUT2D eigenvalue weighted by molar-refractivity contribution is 6.34. The van der Waals surface area contributed by atoms with Gasteiger partial charge < -0.3 is 15.7 Å². The highest BCUT2D eigenvalue weighted by Gasteiger charge is 2.21. The normalized spacial score (nSPS) is 10.4. The van der Waals surface area contributed by atoms with Crippen LogP contribution in [0, 0.1) is 0 Å². The van der Waals surface area contributed by atoms with Gasteiger partial charge in [0, 0.05) is 6.04 Å². The maximum Gasteiger partial charge on any atom is 0.339 e. The zero-order chi connectivity index (χ0) is 13.9. The molecule has 0 spiro atoms. The Bertz CT molecular complexity index is 474. The predicted octanol–water partition coefficient (Wildman–Crippen LogP) is 1.74. The van der Waals surface area contributed by atoms with Crippen molar-refractivity contribution in [1.82, 2.24) is 0 Å². The number of carboxylic acids is 1. The molecule has 0 bridgehead atoms. The molecule has 3 N–H and O–H groups in total. The van der Waals surface area contributed by atoms with Crippen molar-refractivity contribution < 1.29 is 14.7 Å². The van der Waals surface area contributed by atoms with Gasteiger partial charge in [-0.05, 0) is 26.0 Å². The number of primary amides is 1. The summed E-state index contributed by atoms with van der Waals surface area (Å²) in [5.41, 5.74) is 5.54. The number of halogens is 1. The number of nitrogens with two attached hydrogens (primary N) is 1. The third-order valence-corrected chi connectivity index (χ3v) is 2.78. The number of amides is 1. The molecule has 1 aromatic rings. The molecule has 0 aliphatic rings. The summed E-state index contributed by atoms with van der Waals surface area (Å²) in [7, 11) is 0. The number of carbonyl (C=O) groups excluding carboxylic acids is 1. The lowest BCUT2D eigenvalue weighted by molar-refractivity contribution is -0.116. The van der Waals surface area contributed by atoms with E-state index >= 15 is 0 Å². The monoisotopic (exact) mass is 270 g/mol. The van der Waals surface area contributed by atoms with E-state index in [-0.39, 0.29) is 23.2 Å². The van der Waals surface area contributed by atoms with E-state index in [0.29, 0.717) is 5.69 Å². The van der Waals surface area contributed by atoms with Crippen molar-refractivity contribution in [3.8, 4) is 0 Å². The first-order chi connectivity index (χ1) is 8.34. The van der Waals surface area contributed by atoms with Gasteiger partial charge in [-0.15, -0.1) is 0 Å². The summed E-state index contributed by atoms with van der Waals surface area (Å²) in [6, 6.07) is 4.67. The smallest absolute Gasteiger partial charge is 0.339 e. The van der Waals surface area contributed by atoms with E-state index < -0.39 is 11.9 Å². The van der Waals surface area contributed by atoms with Gasteiger partial charge in [0.05, 0.1) is 17.3 Å². The van der Waals surface area contributed by atoms with Crippen LogP contribution >= 0.6 is 11.6 Å². The Morgan fingerprint density at radius 2 is 2.06 bits per heavy atom. The fraction of sp³-hybridized carbons (Fsp3) is 0.333. The van der Waals surface area contributed by atoms with Gasteiger partial charge in [-0.3, -0.25) is 4.79 Å². The average molecular weight is 271 g/mol. The fourth-order valence-electron chi connectivity index (χ4n) is 1.68. The van der Waals surface area contributed by atoms with Crippen LogP contribution in [-0.2, 0) is 4.79 Å². The molecule has 1 aromatic carbocycles. The van der Waals surface area contributed by atoms with Crippen LogP contribution in [0.2, 0.25) is 5.02 Å². The van der Waals surface area contributed by atoms with Gasteiger partial charge in [0.25, 0.3) is 0 Å². The summed E-state index contributed by atoms with van der Waals surface area (Å²) >= 11 is 5.89. The number of hydrogen-bond acceptors (Lipinski definition) is 3. The Kier molecular flexibility index (Phi) is 4.55. The van der Waals surface area contributed by atoms with Crippen molar-refractivity contribution in [3.63, 3.8) is 0 Å². The van der Waals surface area contributed by atoms with Gasteiger partial charge in [0.2, 0.25) is 5.91 Å². The van der Waals surface area contributed by atoms with Crippen LogP contribution in [-0.4, -0.2) is 29.6 Å². The molecule has 0 heterocycles. The number of carboxylic acid groups (broad SMARTS) is 1. The first-order valence-electron chi connectivity index (χ1n) is 5.41. The molecule has 0 aromatic heterocycles. The topological polar surface area (TPSA) is 83.6 Å². The second-order valence-electron chi connectivity index (χ2n) is 4.13. The summed E-state index contributed by atoms with van der Waals surface area (Å²) in [5, 5.41) is 9.32. The third kappa shape index (κ3) is 3.13. The van der Waals surface area contributed by atoms with Crippen LogP contribution < -0.4 is 10.6 Å². The Hall–Kier alpha value is -1.75. The van der Waals surface area contributed by atoms with Crippen molar-refractivity contribution in [3.05, 3.63) is 28.8 Å². The molecule has 0 unspecified atom stereocenters. The molecule has 1 rings (SSSR count). The summed E-state index contributed by atoms with van der Waals surface area (Å²) in [5.74, 6) is -1.66. The van der Waals surface area contributed by atoms with Crippen LogP contribution in [0.25, 0.3) is 0 Å². The molecule has 0 fully saturated rings. The highest BCUT2D eigenvalue weighted by Crippen LogP contribution is 2.28. The van der Waals surface area contributed by atoms with Crippen molar-refractivity contribution in [2.45, 2.75) is 19.9 Å². The lowest BCUT2D eigenvalue weighted by Crippen LogP contribution is -2.39. The van der Waals surface area contributed by atoms with Gasteiger partial charge in [-0.25, -0.2) is 4.79 Å². The minimum absolute atomic E-state index is 0.0193. The molecule has 5 nitrogen and oxygen atoms in total. The van der Waals surface area contributed by atoms with Gasteiger partial charge in [-0.2, -0.15) is 0 Å². The molecule has 0 atom stereocenters. The molecule has 0 aliphatic carbocycles. The summed E-state index contributed by atoms with van der Waals surface area (Å²) in [4.78, 5) is 23.9. The maximum atomic E-state index is 11.2. The fourth-order valence-corrected chi connectivity index (χ4v) is 1.93. The minimum atomic E-state index is -1.13. The van der Waals surface area contributed by atoms with Crippen molar-refractivity contribution in [2.75, 3.05) is 11.4 Å². The van der Waals surface area contributed by atoms with Crippen LogP contribution in [0.3, 0.4) is 0 Å². The third-order valence-electron chi connectivity index (χ3n) is 2.46. The Balaban J connectivity index is 3.32. The molecular formula is C12H15ClN2O3. The lowest BCUT2D eigenvalue weighted by atomic mass is 10.1. The molecule has 0 radical (unpaired) electrons. The van der Waals surface area contributed by atoms with Crippen LogP contribution in [0.4, 0.5) is 5.69 Å². The number of aromatic carboxylic acids is 1. The zero-order valence-electron chi connectivity index (χ0n) is 10.2. The van der Waals surface area contributed by atoms with E-state index in [9.17, 15) is 14.7 Å². The number of anilines is 1. The van der Waals surface area contributed by atoms with Gasteiger partial charge >= 0.3 is 5.97 Å². The molecular weight excluding hydrogens is 256 g/mol. The molecule has 0 saturated carbocycles. The molecule has 1 amide bonds. The number of carbonyl (C=O) groups is 2. The molecule has 18 heavy (non-hydrogen) atoms. The van der Waals surface area contributed by atoms with Gasteiger partial charge in [0.1, 0.15) is 5.56 Å². The van der Waals surface area contributed by atoms with Crippen LogP contribution in [0.15, 0.2) is 18.2 Å². The SMILES string of the molecule is CC(C)N(CC(N)=O)c1cccc(Cl)c1C(=O)O. The Morgan fingerprint density at radius 3 is 2.50 bits per heavy atom. The van der Waals surface area contributed by atoms with Crippen molar-refractivity contribution in [1.29, 1.82) is 0 Å². The predicted molar refractivity (Wildman–Crippen MR) is 70.1 cm³/mol. The van der Waals surface area contributed by atoms with E-state index in [0.717, 1.165) is 0 Å². The number of nitrogens with zero attached hydrogens (tertiary/aromatic N) is 1. The molecule has 98 valence electrons. The molecule has 6 heteroatoms. The first kappa shape index (κ1) is 14.3. The van der Waals surface area contributed by atoms with E-state index in [1.165, 1.54) is 6.07 Å². The number of hydrogen-bond donors (Lipinski definition) is 2. The minimum Gasteiger partial charge on any atom is -0.478 e. The first-order valence-corrected chi connectivity index (χ1v) is 5.79. The molecule has 0 aliphatic heterocycles. The van der Waals surface area contributed by atoms with E-state index in [1.54, 1.807) is 17.0 Å². The summed E-state index contributed by atoms with van der Waals surface area (Å²) in [6.45, 7) is 3.63. The highest BCUT2D eigenvalue weighted by atomic mass is 35.5. The number of rotatable bonds is 5. The lowest BCUT2D eigenvalue weighted by Gasteiger charge is -2.29. The average Bonchev–Trinajstić information content (AvgIpc) is 2.24. The second-order valence-corrected chi connectivity index (χ2v) is 4.53. The van der Waals surface area contributed by atoms with Crippen LogP contribution in [0.1, 0.15) is 24.2 Å². The van der Waals surface area contributed by atoms with Gasteiger partial charge in [0.15, 0.2) is 0 Å². The second kappa shape index (κ2) is 5.73. The quantitative estimate of drug-likeness (QED) is 0.854. The summed E-state index contributed by atoms with van der Waals surface area (Å²) in [6.07, 6.45) is 0. The van der Waals surface area contributed by atoms with Crippen LogP contribution in [0.5, 0.6) is 0 Å². The van der Waals surface area contributed by atoms with Crippen molar-refractivity contribution >= 4 is 29.2 Å². The largest absolute Gasteiger partial charge is 0.478 e. The Labute approximate surface area is 110 Å². The van der Waals surface area contributed by atoms with E-state index in [4.69, 9.17) is 17.3 Å². The molecule has 0 saturated heterocycles. The Morgan fingerprint density at radius 1 is 1.44 bits per heavy atom. The van der Waals surface area contributed by atoms with E-state index in [1.807, 2.05) is 13.8 Å². The van der Waals surface area contributed by atoms with Crippen molar-refractivity contribution in [2.24, 2.45) is 5.73 Å². The van der Waals surface area contributed by atoms with E-state index in [2.05, 4.69) is 0 Å². The zero-order valence-corrected chi connectivity index (χ0v) is 10.9. The van der Waals surface area contributed by atoms with Gasteiger partial charge in [-0.1, -0.05) is 17.7 Å². The standard InChI is InChI=1S/C12H15ClN2O3/c1-7(2)15(6-10(14)16)9-5-3-4-8(13)11(9)12(17)18/h3-5,7H,6H2,1-2H3,(H2,14,16)(H,17,18). The summed E-state index contributed by atoms with van der Waals surface area (Å²) < 4.78 is 0. The number of benzene rings is 1.